The van der Waals surface area contributed by atoms with Gasteiger partial charge in [-0.3, -0.25) is 0 Å². The van der Waals surface area contributed by atoms with Crippen molar-refractivity contribution in [1.29, 1.82) is 0 Å². The number of fused-ring (bicyclic) bond motifs is 3. The summed E-state index contributed by atoms with van der Waals surface area (Å²) >= 11 is 5.56. The van der Waals surface area contributed by atoms with Gasteiger partial charge in [-0.2, -0.15) is 0 Å². The Morgan fingerprint density at radius 3 is 1.37 bits per heavy atom. The van der Waals surface area contributed by atoms with Crippen LogP contribution in [0.5, 0.6) is 11.5 Å². The second-order valence-electron chi connectivity index (χ2n) is 6.18. The van der Waals surface area contributed by atoms with Crippen molar-refractivity contribution in [2.75, 3.05) is 14.2 Å². The number of ether oxygens (including phenoxy) is 2. The number of thiophene rings is 3. The molecule has 0 aliphatic carbocycles. The molecule has 5 aromatic rings. The molecule has 0 N–H and O–H groups in total. The molecule has 0 saturated carbocycles. The van der Waals surface area contributed by atoms with Crippen LogP contribution in [0.3, 0.4) is 0 Å². The molecule has 3 aromatic heterocycles. The van der Waals surface area contributed by atoms with Gasteiger partial charge in [-0.05, 0) is 35.4 Å². The third-order valence-electron chi connectivity index (χ3n) is 4.75. The van der Waals surface area contributed by atoms with E-state index >= 15 is 0 Å². The smallest absolute Gasteiger partial charge is 0.118 e. The van der Waals surface area contributed by atoms with E-state index < -0.39 is 0 Å². The number of rotatable bonds is 4. The Labute approximate surface area is 169 Å². The van der Waals surface area contributed by atoms with Gasteiger partial charge in [0, 0.05) is 32.7 Å². The van der Waals surface area contributed by atoms with Crippen molar-refractivity contribution in [3.8, 4) is 33.8 Å². The molecule has 2 nitrogen and oxygen atoms in total. The van der Waals surface area contributed by atoms with E-state index in [1.165, 1.54) is 41.1 Å². The maximum Gasteiger partial charge on any atom is 0.118 e. The Balaban J connectivity index is 1.72. The largest absolute Gasteiger partial charge is 0.497 e. The van der Waals surface area contributed by atoms with Crippen molar-refractivity contribution in [3.63, 3.8) is 0 Å². The average Bonchev–Trinajstić information content (AvgIpc) is 3.39. The minimum absolute atomic E-state index is 0.884. The van der Waals surface area contributed by atoms with E-state index in [0.29, 0.717) is 0 Å². The highest BCUT2D eigenvalue weighted by Gasteiger charge is 2.18. The van der Waals surface area contributed by atoms with Gasteiger partial charge in [0.15, 0.2) is 0 Å². The van der Waals surface area contributed by atoms with E-state index in [0.717, 1.165) is 11.5 Å². The second kappa shape index (κ2) is 6.68. The zero-order chi connectivity index (χ0) is 18.4. The quantitative estimate of drug-likeness (QED) is 0.306. The molecule has 0 unspecified atom stereocenters. The number of methoxy groups -OCH3 is 2. The highest BCUT2D eigenvalue weighted by atomic mass is 32.2. The van der Waals surface area contributed by atoms with Gasteiger partial charge >= 0.3 is 0 Å². The molecule has 0 radical (unpaired) electrons. The van der Waals surface area contributed by atoms with Crippen molar-refractivity contribution in [2.24, 2.45) is 0 Å². The predicted molar refractivity (Wildman–Crippen MR) is 119 cm³/mol. The molecule has 5 heteroatoms. The molecule has 0 fully saturated rings. The van der Waals surface area contributed by atoms with Gasteiger partial charge in [-0.25, -0.2) is 0 Å². The Hall–Kier alpha value is -2.34. The molecular weight excluding hydrogens is 392 g/mol. The molecule has 0 atom stereocenters. The van der Waals surface area contributed by atoms with Gasteiger partial charge in [-0.15, -0.1) is 34.0 Å². The summed E-state index contributed by atoms with van der Waals surface area (Å²) in [5.41, 5.74) is 5.07. The second-order valence-corrected chi connectivity index (χ2v) is 9.48. The maximum atomic E-state index is 5.31. The lowest BCUT2D eigenvalue weighted by Crippen LogP contribution is -1.83. The zero-order valence-electron chi connectivity index (χ0n) is 14.8. The molecule has 0 bridgehead atoms. The summed E-state index contributed by atoms with van der Waals surface area (Å²) in [4.78, 5) is 0. The lowest BCUT2D eigenvalue weighted by atomic mass is 10.0. The van der Waals surface area contributed by atoms with Crippen LogP contribution in [-0.2, 0) is 0 Å². The van der Waals surface area contributed by atoms with Crippen molar-refractivity contribution in [3.05, 3.63) is 59.3 Å². The van der Waals surface area contributed by atoms with Crippen molar-refractivity contribution in [2.45, 2.75) is 0 Å². The van der Waals surface area contributed by atoms with Gasteiger partial charge in [0.2, 0.25) is 0 Å². The minimum atomic E-state index is 0.884. The lowest BCUT2D eigenvalue weighted by molar-refractivity contribution is 0.415. The van der Waals surface area contributed by atoms with E-state index in [1.54, 1.807) is 14.2 Å². The van der Waals surface area contributed by atoms with Crippen LogP contribution < -0.4 is 9.47 Å². The molecular formula is C22H16O2S3. The molecule has 0 aliphatic heterocycles. The summed E-state index contributed by atoms with van der Waals surface area (Å²) in [7, 11) is 3.40. The van der Waals surface area contributed by atoms with E-state index in [-0.39, 0.29) is 0 Å². The van der Waals surface area contributed by atoms with Crippen LogP contribution >= 0.6 is 34.0 Å². The Bertz CT molecular complexity index is 1130. The fourth-order valence-electron chi connectivity index (χ4n) is 3.35. The van der Waals surface area contributed by atoms with Crippen LogP contribution in [0.1, 0.15) is 0 Å². The number of benzene rings is 2. The van der Waals surface area contributed by atoms with Crippen molar-refractivity contribution < 1.29 is 9.47 Å². The summed E-state index contributed by atoms with van der Waals surface area (Å²) in [6.45, 7) is 0. The SMILES string of the molecule is COc1ccc(-c2csc3sc4scc(-c5ccc(OC)cc5)c4c23)cc1. The van der Waals surface area contributed by atoms with Gasteiger partial charge in [-0.1, -0.05) is 24.3 Å². The summed E-state index contributed by atoms with van der Waals surface area (Å²) in [6.07, 6.45) is 0. The van der Waals surface area contributed by atoms with E-state index in [2.05, 4.69) is 35.0 Å². The molecule has 3 heterocycles. The first kappa shape index (κ1) is 16.8. The fraction of sp³-hybridized carbons (Fsp3) is 0.0909. The Morgan fingerprint density at radius 1 is 0.593 bits per heavy atom. The lowest BCUT2D eigenvalue weighted by Gasteiger charge is -2.04. The Morgan fingerprint density at radius 2 is 1.00 bits per heavy atom. The van der Waals surface area contributed by atoms with Crippen LogP contribution in [0.4, 0.5) is 0 Å². The molecule has 0 amide bonds. The Kier molecular flexibility index (Phi) is 4.16. The van der Waals surface area contributed by atoms with Crippen LogP contribution in [-0.4, -0.2) is 14.2 Å². The first-order chi connectivity index (χ1) is 13.3. The molecule has 134 valence electrons. The first-order valence-electron chi connectivity index (χ1n) is 8.48. The van der Waals surface area contributed by atoms with Gasteiger partial charge in [0.1, 0.15) is 11.5 Å². The van der Waals surface area contributed by atoms with E-state index in [4.69, 9.17) is 9.47 Å². The summed E-state index contributed by atoms with van der Waals surface area (Å²) in [5.74, 6) is 1.77. The number of hydrogen-bond donors (Lipinski definition) is 0. The highest BCUT2D eigenvalue weighted by Crippen LogP contribution is 2.50. The standard InChI is InChI=1S/C22H16O2S3/c1-23-15-7-3-13(4-8-15)17-11-25-21-19(17)20-18(12-26-22(20)27-21)14-5-9-16(24-2)10-6-14/h3-12H,1-2H3. The zero-order valence-corrected chi connectivity index (χ0v) is 17.3. The minimum Gasteiger partial charge on any atom is -0.497 e. The molecule has 5 rings (SSSR count). The van der Waals surface area contributed by atoms with Crippen molar-refractivity contribution in [1.82, 2.24) is 0 Å². The monoisotopic (exact) mass is 408 g/mol. The van der Waals surface area contributed by atoms with Gasteiger partial charge < -0.3 is 9.47 Å². The normalized spacial score (nSPS) is 11.3. The first-order valence-corrected chi connectivity index (χ1v) is 11.1. The van der Waals surface area contributed by atoms with Crippen LogP contribution in [0.2, 0.25) is 0 Å². The summed E-state index contributed by atoms with van der Waals surface area (Å²) in [5, 5.41) is 7.30. The van der Waals surface area contributed by atoms with Crippen LogP contribution in [0.15, 0.2) is 59.3 Å². The van der Waals surface area contributed by atoms with E-state index in [9.17, 15) is 0 Å². The topological polar surface area (TPSA) is 18.5 Å². The molecule has 27 heavy (non-hydrogen) atoms. The van der Waals surface area contributed by atoms with E-state index in [1.807, 2.05) is 58.3 Å². The third-order valence-corrected chi connectivity index (χ3v) is 8.15. The van der Waals surface area contributed by atoms with Crippen molar-refractivity contribution >= 4 is 52.8 Å². The van der Waals surface area contributed by atoms with Crippen LogP contribution in [0, 0.1) is 0 Å². The van der Waals surface area contributed by atoms with Gasteiger partial charge in [0.05, 0.1) is 22.2 Å². The highest BCUT2D eigenvalue weighted by molar-refractivity contribution is 7.48. The molecule has 0 spiro atoms. The molecule has 0 aliphatic rings. The predicted octanol–water partition coefficient (Wildman–Crippen LogP) is 7.53. The number of hydrogen-bond acceptors (Lipinski definition) is 5. The molecule has 0 saturated heterocycles. The summed E-state index contributed by atoms with van der Waals surface area (Å²) < 4.78 is 13.4. The average molecular weight is 409 g/mol. The fourth-order valence-corrected chi connectivity index (χ4v) is 7.10. The molecule has 2 aromatic carbocycles. The summed E-state index contributed by atoms with van der Waals surface area (Å²) in [6, 6.07) is 16.7. The van der Waals surface area contributed by atoms with Gasteiger partial charge in [0.25, 0.3) is 0 Å². The van der Waals surface area contributed by atoms with Crippen LogP contribution in [0.25, 0.3) is 41.1 Å². The third kappa shape index (κ3) is 2.74. The maximum absolute atomic E-state index is 5.31.